The SMILES string of the molecule is CCOC(=O)CC(NC(=O)OCC1c2ccccc2-c2ccccc21)c1ccc(OS(C)(=O)=O)cc1. The second-order valence-electron chi connectivity index (χ2n) is 8.39. The van der Waals surface area contributed by atoms with Crippen molar-refractivity contribution in [3.8, 4) is 16.9 Å². The average molecular weight is 510 g/mol. The molecule has 0 aromatic heterocycles. The first-order valence-electron chi connectivity index (χ1n) is 11.5. The molecule has 0 fully saturated rings. The van der Waals surface area contributed by atoms with Gasteiger partial charge in [0.05, 0.1) is 25.3 Å². The molecule has 188 valence electrons. The fraction of sp³-hybridized carbons (Fsp3) is 0.259. The van der Waals surface area contributed by atoms with Crippen LogP contribution in [0.4, 0.5) is 4.79 Å². The zero-order chi connectivity index (χ0) is 25.7. The number of carbonyl (C=O) groups excluding carboxylic acids is 2. The van der Waals surface area contributed by atoms with Crippen molar-refractivity contribution in [1.82, 2.24) is 5.32 Å². The number of esters is 1. The molecule has 3 aromatic rings. The summed E-state index contributed by atoms with van der Waals surface area (Å²) in [6.45, 7) is 2.04. The van der Waals surface area contributed by atoms with E-state index in [1.165, 1.54) is 12.1 Å². The Labute approximate surface area is 210 Å². The number of amides is 1. The van der Waals surface area contributed by atoms with Crippen molar-refractivity contribution in [1.29, 1.82) is 0 Å². The van der Waals surface area contributed by atoms with Gasteiger partial charge in [-0.1, -0.05) is 60.7 Å². The monoisotopic (exact) mass is 509 g/mol. The quantitative estimate of drug-likeness (QED) is 0.333. The first kappa shape index (κ1) is 25.2. The van der Waals surface area contributed by atoms with Crippen molar-refractivity contribution in [2.24, 2.45) is 0 Å². The molecule has 3 aromatic carbocycles. The number of benzene rings is 3. The number of fused-ring (bicyclic) bond motifs is 3. The van der Waals surface area contributed by atoms with Crippen LogP contribution in [0.1, 0.15) is 42.0 Å². The summed E-state index contributed by atoms with van der Waals surface area (Å²) in [6.07, 6.45) is 0.149. The molecule has 8 nitrogen and oxygen atoms in total. The molecule has 1 N–H and O–H groups in total. The molecule has 1 aliphatic carbocycles. The van der Waals surface area contributed by atoms with Crippen LogP contribution in [0.15, 0.2) is 72.8 Å². The molecular formula is C27H27NO7S. The van der Waals surface area contributed by atoms with E-state index in [9.17, 15) is 18.0 Å². The molecule has 0 aliphatic heterocycles. The predicted octanol–water partition coefficient (Wildman–Crippen LogP) is 4.56. The minimum atomic E-state index is -3.68. The minimum absolute atomic E-state index is 0.0981. The van der Waals surface area contributed by atoms with Gasteiger partial charge in [0, 0.05) is 5.92 Å². The minimum Gasteiger partial charge on any atom is -0.466 e. The molecule has 0 saturated carbocycles. The summed E-state index contributed by atoms with van der Waals surface area (Å²) in [4.78, 5) is 25.0. The van der Waals surface area contributed by atoms with Gasteiger partial charge in [0.1, 0.15) is 12.4 Å². The van der Waals surface area contributed by atoms with Crippen LogP contribution < -0.4 is 9.50 Å². The smallest absolute Gasteiger partial charge is 0.407 e. The Bertz CT molecular complexity index is 1310. The molecule has 0 heterocycles. The lowest BCUT2D eigenvalue weighted by Crippen LogP contribution is -2.32. The van der Waals surface area contributed by atoms with Crippen molar-refractivity contribution in [2.45, 2.75) is 25.3 Å². The Morgan fingerprint density at radius 2 is 1.47 bits per heavy atom. The molecule has 0 radical (unpaired) electrons. The highest BCUT2D eigenvalue weighted by Crippen LogP contribution is 2.44. The van der Waals surface area contributed by atoms with Crippen LogP contribution in [-0.2, 0) is 24.4 Å². The number of ether oxygens (including phenoxy) is 2. The lowest BCUT2D eigenvalue weighted by Gasteiger charge is -2.20. The highest BCUT2D eigenvalue weighted by molar-refractivity contribution is 7.86. The molecule has 1 atom stereocenters. The van der Waals surface area contributed by atoms with Gasteiger partial charge in [-0.25, -0.2) is 4.79 Å². The van der Waals surface area contributed by atoms with Gasteiger partial charge in [0.15, 0.2) is 0 Å². The number of hydrogen-bond donors (Lipinski definition) is 1. The molecule has 0 spiro atoms. The number of rotatable bonds is 9. The van der Waals surface area contributed by atoms with E-state index in [0.717, 1.165) is 28.5 Å². The standard InChI is InChI=1S/C27H27NO7S/c1-3-33-26(29)16-25(18-12-14-19(15-13-18)35-36(2,31)32)28-27(30)34-17-24-22-10-6-4-8-20(22)21-9-5-7-11-23(21)24/h4-15,24-25H,3,16-17H2,1-2H3,(H,28,30). The maximum Gasteiger partial charge on any atom is 0.407 e. The molecule has 0 saturated heterocycles. The summed E-state index contributed by atoms with van der Waals surface area (Å²) in [6, 6.07) is 21.4. The van der Waals surface area contributed by atoms with Gasteiger partial charge >= 0.3 is 22.2 Å². The van der Waals surface area contributed by atoms with Crippen molar-refractivity contribution in [2.75, 3.05) is 19.5 Å². The fourth-order valence-corrected chi connectivity index (χ4v) is 4.81. The normalized spacial score (nSPS) is 13.3. The van der Waals surface area contributed by atoms with E-state index >= 15 is 0 Å². The maximum absolute atomic E-state index is 12.8. The number of nitrogens with one attached hydrogen (secondary N) is 1. The summed E-state index contributed by atoms with van der Waals surface area (Å²) in [7, 11) is -3.68. The van der Waals surface area contributed by atoms with Crippen LogP contribution in [0.25, 0.3) is 11.1 Å². The van der Waals surface area contributed by atoms with Crippen molar-refractivity contribution in [3.05, 3.63) is 89.5 Å². The third-order valence-electron chi connectivity index (χ3n) is 5.84. The Balaban J connectivity index is 1.47. The average Bonchev–Trinajstić information content (AvgIpc) is 3.16. The first-order chi connectivity index (χ1) is 17.2. The lowest BCUT2D eigenvalue weighted by molar-refractivity contribution is -0.143. The lowest BCUT2D eigenvalue weighted by atomic mass is 9.98. The van der Waals surface area contributed by atoms with Gasteiger partial charge in [0.25, 0.3) is 0 Å². The molecule has 9 heteroatoms. The zero-order valence-electron chi connectivity index (χ0n) is 20.0. The number of hydrogen-bond acceptors (Lipinski definition) is 7. The number of carbonyl (C=O) groups is 2. The third-order valence-corrected chi connectivity index (χ3v) is 6.34. The second-order valence-corrected chi connectivity index (χ2v) is 9.96. The van der Waals surface area contributed by atoms with E-state index < -0.39 is 28.2 Å². The molecule has 1 aliphatic rings. The summed E-state index contributed by atoms with van der Waals surface area (Å²) in [5.74, 6) is -0.464. The van der Waals surface area contributed by atoms with Crippen LogP contribution >= 0.6 is 0 Å². The summed E-state index contributed by atoms with van der Waals surface area (Å²) in [5, 5.41) is 2.74. The van der Waals surface area contributed by atoms with Crippen LogP contribution in [-0.4, -0.2) is 39.9 Å². The van der Waals surface area contributed by atoms with Crippen LogP contribution in [0.3, 0.4) is 0 Å². The van der Waals surface area contributed by atoms with E-state index in [1.54, 1.807) is 19.1 Å². The highest BCUT2D eigenvalue weighted by atomic mass is 32.2. The van der Waals surface area contributed by atoms with E-state index in [0.29, 0.717) is 5.56 Å². The number of alkyl carbamates (subject to hydrolysis) is 1. The summed E-state index contributed by atoms with van der Waals surface area (Å²) >= 11 is 0. The van der Waals surface area contributed by atoms with Crippen LogP contribution in [0.5, 0.6) is 5.75 Å². The van der Waals surface area contributed by atoms with Gasteiger partial charge < -0.3 is 19.0 Å². The third kappa shape index (κ3) is 6.04. The highest BCUT2D eigenvalue weighted by Gasteiger charge is 2.29. The largest absolute Gasteiger partial charge is 0.466 e. The zero-order valence-corrected chi connectivity index (χ0v) is 20.8. The van der Waals surface area contributed by atoms with E-state index in [4.69, 9.17) is 13.7 Å². The van der Waals surface area contributed by atoms with Crippen molar-refractivity contribution < 1.29 is 31.7 Å². The predicted molar refractivity (Wildman–Crippen MR) is 134 cm³/mol. The fourth-order valence-electron chi connectivity index (χ4n) is 4.35. The van der Waals surface area contributed by atoms with E-state index in [-0.39, 0.29) is 31.3 Å². The molecule has 1 amide bonds. The Hall–Kier alpha value is -3.85. The van der Waals surface area contributed by atoms with Gasteiger partial charge in [0.2, 0.25) is 0 Å². The Kier molecular flexibility index (Phi) is 7.59. The summed E-state index contributed by atoms with van der Waals surface area (Å²) < 4.78 is 38.2. The first-order valence-corrected chi connectivity index (χ1v) is 13.3. The summed E-state index contributed by atoms with van der Waals surface area (Å²) in [5.41, 5.74) is 5.00. The van der Waals surface area contributed by atoms with Crippen molar-refractivity contribution in [3.63, 3.8) is 0 Å². The Morgan fingerprint density at radius 3 is 2.03 bits per heavy atom. The van der Waals surface area contributed by atoms with Gasteiger partial charge in [-0.3, -0.25) is 4.79 Å². The van der Waals surface area contributed by atoms with Gasteiger partial charge in [-0.05, 0) is 46.9 Å². The Morgan fingerprint density at radius 1 is 0.889 bits per heavy atom. The van der Waals surface area contributed by atoms with E-state index in [1.807, 2.05) is 36.4 Å². The molecule has 4 rings (SSSR count). The maximum atomic E-state index is 12.8. The van der Waals surface area contributed by atoms with Gasteiger partial charge in [-0.2, -0.15) is 8.42 Å². The molecule has 0 bridgehead atoms. The topological polar surface area (TPSA) is 108 Å². The van der Waals surface area contributed by atoms with Crippen molar-refractivity contribution >= 4 is 22.2 Å². The molecule has 1 unspecified atom stereocenters. The molecular weight excluding hydrogens is 482 g/mol. The second kappa shape index (κ2) is 10.8. The van der Waals surface area contributed by atoms with Crippen LogP contribution in [0, 0.1) is 0 Å². The van der Waals surface area contributed by atoms with Gasteiger partial charge in [-0.15, -0.1) is 0 Å². The van der Waals surface area contributed by atoms with Crippen LogP contribution in [0.2, 0.25) is 0 Å². The molecule has 36 heavy (non-hydrogen) atoms. The van der Waals surface area contributed by atoms with E-state index in [2.05, 4.69) is 17.4 Å².